The van der Waals surface area contributed by atoms with Crippen molar-refractivity contribution in [2.24, 2.45) is 4.99 Å². The second kappa shape index (κ2) is 1.87. The third-order valence-corrected chi connectivity index (χ3v) is 1.71. The predicted molar refractivity (Wildman–Crippen MR) is 41.5 cm³/mol. The van der Waals surface area contributed by atoms with Crippen LogP contribution in [-0.4, -0.2) is 17.4 Å². The second-order valence-electron chi connectivity index (χ2n) is 2.34. The molecule has 0 spiro atoms. The van der Waals surface area contributed by atoms with Gasteiger partial charge in [-0.05, 0) is 13.0 Å². The van der Waals surface area contributed by atoms with E-state index in [2.05, 4.69) is 15.3 Å². The highest BCUT2D eigenvalue weighted by Crippen LogP contribution is 2.16. The van der Waals surface area contributed by atoms with Crippen LogP contribution in [-0.2, 0) is 0 Å². The average molecular weight is 135 g/mol. The average Bonchev–Trinajstić information content (AvgIpc) is 2.36. The van der Waals surface area contributed by atoms with Crippen molar-refractivity contribution < 1.29 is 0 Å². The number of rotatable bonds is 0. The molecule has 3 heteroatoms. The first-order chi connectivity index (χ1) is 4.88. The predicted octanol–water partition coefficient (Wildman–Crippen LogP) is 1.21. The van der Waals surface area contributed by atoms with Gasteiger partial charge in [-0.15, -0.1) is 0 Å². The van der Waals surface area contributed by atoms with Gasteiger partial charge in [0.15, 0.2) is 0 Å². The van der Waals surface area contributed by atoms with Crippen molar-refractivity contribution in [2.75, 3.05) is 12.0 Å². The van der Waals surface area contributed by atoms with Gasteiger partial charge >= 0.3 is 0 Å². The molecular formula is C7H9N3. The van der Waals surface area contributed by atoms with Crippen LogP contribution in [0.3, 0.4) is 0 Å². The lowest BCUT2D eigenvalue weighted by Crippen LogP contribution is -2.11. The highest BCUT2D eigenvalue weighted by Gasteiger charge is 2.08. The summed E-state index contributed by atoms with van der Waals surface area (Å²) in [4.78, 5) is 7.33. The maximum absolute atomic E-state index is 4.23. The molecule has 0 atom stereocenters. The van der Waals surface area contributed by atoms with Gasteiger partial charge in [0.1, 0.15) is 12.5 Å². The molecule has 1 aliphatic rings. The summed E-state index contributed by atoms with van der Waals surface area (Å²) in [5, 5.41) is 3.13. The van der Waals surface area contributed by atoms with Crippen LogP contribution >= 0.6 is 0 Å². The van der Waals surface area contributed by atoms with Gasteiger partial charge in [0.05, 0.1) is 0 Å². The van der Waals surface area contributed by atoms with Crippen LogP contribution in [0.15, 0.2) is 17.3 Å². The minimum atomic E-state index is 0.694. The normalized spacial score (nSPS) is 15.5. The Morgan fingerprint density at radius 1 is 1.60 bits per heavy atom. The van der Waals surface area contributed by atoms with Gasteiger partial charge in [-0.1, -0.05) is 0 Å². The van der Waals surface area contributed by atoms with E-state index in [9.17, 15) is 0 Å². The first kappa shape index (κ1) is 5.53. The van der Waals surface area contributed by atoms with Gasteiger partial charge < -0.3 is 10.3 Å². The molecule has 0 saturated carbocycles. The Morgan fingerprint density at radius 3 is 3.30 bits per heavy atom. The van der Waals surface area contributed by atoms with Crippen LogP contribution in [0, 0.1) is 0 Å². The van der Waals surface area contributed by atoms with Crippen LogP contribution in [0.25, 0.3) is 0 Å². The SMILES string of the molecule is CC1=NCNc2[nH]ccc21. The molecule has 0 aromatic carbocycles. The van der Waals surface area contributed by atoms with E-state index in [0.29, 0.717) is 6.67 Å². The van der Waals surface area contributed by atoms with Crippen molar-refractivity contribution in [1.82, 2.24) is 4.98 Å². The Morgan fingerprint density at radius 2 is 2.50 bits per heavy atom. The van der Waals surface area contributed by atoms with E-state index in [4.69, 9.17) is 0 Å². The van der Waals surface area contributed by atoms with Gasteiger partial charge in [-0.25, -0.2) is 0 Å². The zero-order valence-electron chi connectivity index (χ0n) is 5.81. The summed E-state index contributed by atoms with van der Waals surface area (Å²) in [5.41, 5.74) is 2.29. The zero-order valence-corrected chi connectivity index (χ0v) is 5.81. The molecule has 1 aromatic rings. The standard InChI is InChI=1S/C7H9N3/c1-5-6-2-3-8-7(6)10-4-9-5/h2-3,8,10H,4H2,1H3. The quantitative estimate of drug-likeness (QED) is 0.551. The number of anilines is 1. The van der Waals surface area contributed by atoms with Crippen molar-refractivity contribution in [3.8, 4) is 0 Å². The van der Waals surface area contributed by atoms with E-state index < -0.39 is 0 Å². The number of aromatic amines is 1. The molecular weight excluding hydrogens is 126 g/mol. The van der Waals surface area contributed by atoms with E-state index in [1.54, 1.807) is 0 Å². The van der Waals surface area contributed by atoms with Gasteiger partial charge in [0.25, 0.3) is 0 Å². The monoisotopic (exact) mass is 135 g/mol. The largest absolute Gasteiger partial charge is 0.352 e. The Kier molecular flexibility index (Phi) is 1.03. The number of aromatic nitrogens is 1. The lowest BCUT2D eigenvalue weighted by molar-refractivity contribution is 1.09. The third-order valence-electron chi connectivity index (χ3n) is 1.71. The Balaban J connectivity index is 2.55. The lowest BCUT2D eigenvalue weighted by atomic mass is 10.2. The van der Waals surface area contributed by atoms with E-state index in [1.165, 1.54) is 5.56 Å². The number of nitrogens with one attached hydrogen (secondary N) is 2. The molecule has 2 heterocycles. The number of hydrogen-bond donors (Lipinski definition) is 2. The smallest absolute Gasteiger partial charge is 0.113 e. The third kappa shape index (κ3) is 0.635. The minimum Gasteiger partial charge on any atom is -0.352 e. The van der Waals surface area contributed by atoms with Crippen LogP contribution in [0.4, 0.5) is 5.82 Å². The van der Waals surface area contributed by atoms with Crippen LogP contribution in [0.5, 0.6) is 0 Å². The van der Waals surface area contributed by atoms with Gasteiger partial charge in [-0.2, -0.15) is 0 Å². The fourth-order valence-electron chi connectivity index (χ4n) is 1.14. The number of hydrogen-bond acceptors (Lipinski definition) is 2. The summed E-state index contributed by atoms with van der Waals surface area (Å²) in [7, 11) is 0. The molecule has 0 aliphatic carbocycles. The maximum Gasteiger partial charge on any atom is 0.113 e. The zero-order chi connectivity index (χ0) is 6.97. The first-order valence-electron chi connectivity index (χ1n) is 3.30. The Bertz CT molecular complexity index is 272. The van der Waals surface area contributed by atoms with Gasteiger partial charge in [0, 0.05) is 17.5 Å². The molecule has 2 N–H and O–H groups in total. The van der Waals surface area contributed by atoms with Gasteiger partial charge in [-0.3, -0.25) is 4.99 Å². The molecule has 3 nitrogen and oxygen atoms in total. The van der Waals surface area contributed by atoms with Crippen LogP contribution in [0.1, 0.15) is 12.5 Å². The summed E-state index contributed by atoms with van der Waals surface area (Å²) in [6.07, 6.45) is 1.92. The summed E-state index contributed by atoms with van der Waals surface area (Å²) in [5.74, 6) is 1.09. The van der Waals surface area contributed by atoms with E-state index in [0.717, 1.165) is 11.5 Å². The minimum absolute atomic E-state index is 0.694. The molecule has 0 saturated heterocycles. The molecule has 2 rings (SSSR count). The maximum atomic E-state index is 4.23. The fourth-order valence-corrected chi connectivity index (χ4v) is 1.14. The van der Waals surface area contributed by atoms with Crippen molar-refractivity contribution >= 4 is 11.5 Å². The number of aliphatic imine (C=N–C) groups is 1. The molecule has 1 aromatic heterocycles. The van der Waals surface area contributed by atoms with Crippen molar-refractivity contribution in [3.63, 3.8) is 0 Å². The Labute approximate surface area is 59.2 Å². The fraction of sp³-hybridized carbons (Fsp3) is 0.286. The summed E-state index contributed by atoms with van der Waals surface area (Å²) in [6.45, 7) is 2.72. The highest BCUT2D eigenvalue weighted by atomic mass is 15.1. The summed E-state index contributed by atoms with van der Waals surface area (Å²) >= 11 is 0. The van der Waals surface area contributed by atoms with E-state index in [-0.39, 0.29) is 0 Å². The molecule has 0 unspecified atom stereocenters. The van der Waals surface area contributed by atoms with Gasteiger partial charge in [0.2, 0.25) is 0 Å². The highest BCUT2D eigenvalue weighted by molar-refractivity contribution is 6.03. The van der Waals surface area contributed by atoms with Crippen molar-refractivity contribution in [3.05, 3.63) is 17.8 Å². The molecule has 0 radical (unpaired) electrons. The number of fused-ring (bicyclic) bond motifs is 1. The lowest BCUT2D eigenvalue weighted by Gasteiger charge is -2.10. The van der Waals surface area contributed by atoms with Crippen LogP contribution < -0.4 is 5.32 Å². The van der Waals surface area contributed by atoms with E-state index >= 15 is 0 Å². The molecule has 1 aliphatic heterocycles. The molecule has 0 fully saturated rings. The Hall–Kier alpha value is -1.25. The first-order valence-corrected chi connectivity index (χ1v) is 3.30. The van der Waals surface area contributed by atoms with E-state index in [1.807, 2.05) is 19.2 Å². The van der Waals surface area contributed by atoms with Crippen molar-refractivity contribution in [1.29, 1.82) is 0 Å². The molecule has 52 valence electrons. The molecule has 0 bridgehead atoms. The topological polar surface area (TPSA) is 40.2 Å². The summed E-state index contributed by atoms with van der Waals surface area (Å²) < 4.78 is 0. The molecule has 10 heavy (non-hydrogen) atoms. The molecule has 0 amide bonds. The van der Waals surface area contributed by atoms with Crippen LogP contribution in [0.2, 0.25) is 0 Å². The van der Waals surface area contributed by atoms with Crippen molar-refractivity contribution in [2.45, 2.75) is 6.92 Å². The second-order valence-corrected chi connectivity index (χ2v) is 2.34. The number of H-pyrrole nitrogens is 1. The number of nitrogens with zero attached hydrogens (tertiary/aromatic N) is 1. The summed E-state index contributed by atoms with van der Waals surface area (Å²) in [6, 6.07) is 2.03.